The largest absolute Gasteiger partial charge is 0.657 e. The summed E-state index contributed by atoms with van der Waals surface area (Å²) in [6.45, 7) is 16.8. The van der Waals surface area contributed by atoms with Gasteiger partial charge in [0.1, 0.15) is 0 Å². The van der Waals surface area contributed by atoms with Gasteiger partial charge in [-0.1, -0.05) is 140 Å². The Kier molecular flexibility index (Phi) is 9.49. The second-order valence-electron chi connectivity index (χ2n) is 12.6. The maximum Gasteiger partial charge on any atom is 0.0953 e. The number of fused-ring (bicyclic) bond motifs is 3. The van der Waals surface area contributed by atoms with E-state index in [1.807, 2.05) is 23.7 Å². The summed E-state index contributed by atoms with van der Waals surface area (Å²) in [4.78, 5) is 6.33. The maximum atomic E-state index is 8.31. The van der Waals surface area contributed by atoms with Crippen LogP contribution in [0.2, 0.25) is 0 Å². The third-order valence-corrected chi connectivity index (χ3v) is 8.15. The van der Waals surface area contributed by atoms with Crippen LogP contribution in [0.1, 0.15) is 112 Å². The molecule has 5 aromatic rings. The summed E-state index contributed by atoms with van der Waals surface area (Å²) < 4.78 is 24.9. The summed E-state index contributed by atoms with van der Waals surface area (Å²) in [5.41, 5.74) is 8.67. The van der Waals surface area contributed by atoms with Crippen molar-refractivity contribution >= 4 is 39.0 Å². The van der Waals surface area contributed by atoms with Crippen LogP contribution in [-0.2, 0) is 22.4 Å². The molecule has 6 rings (SSSR count). The van der Waals surface area contributed by atoms with E-state index in [1.54, 1.807) is 5.01 Å². The SMILES string of the molecule is [2H]C([2H])([2H])C1=NN(c2c(C(C)C)cccc2C(C)C)[CH-]N1c1c(C(C)C)cccc1C(C)C.[Au].c1ccc2c(c1)[n-]c1ccccc12. The van der Waals surface area contributed by atoms with Crippen molar-refractivity contribution in [1.82, 2.24) is 4.98 Å². The molecule has 1 radical (unpaired) electrons. The molecular formula is C39H46AuN4-2. The number of amidine groups is 1. The molecule has 0 amide bonds. The zero-order valence-corrected chi connectivity index (χ0v) is 29.2. The van der Waals surface area contributed by atoms with Gasteiger partial charge in [-0.05, 0) is 63.5 Å². The van der Waals surface area contributed by atoms with Gasteiger partial charge in [0.2, 0.25) is 0 Å². The normalized spacial score (nSPS) is 14.5. The first-order valence-electron chi connectivity index (χ1n) is 17.0. The smallest absolute Gasteiger partial charge is 0.0953 e. The Hall–Kier alpha value is -3.31. The van der Waals surface area contributed by atoms with E-state index in [4.69, 9.17) is 9.21 Å². The van der Waals surface area contributed by atoms with Crippen LogP contribution in [-0.4, -0.2) is 5.84 Å². The van der Waals surface area contributed by atoms with Crippen molar-refractivity contribution in [3.63, 3.8) is 0 Å². The van der Waals surface area contributed by atoms with Crippen LogP contribution < -0.4 is 14.9 Å². The minimum atomic E-state index is -2.35. The molecule has 0 unspecified atom stereocenters. The molecule has 0 atom stereocenters. The number of para-hydroxylation sites is 4. The van der Waals surface area contributed by atoms with Crippen LogP contribution in [0.3, 0.4) is 0 Å². The molecule has 44 heavy (non-hydrogen) atoms. The Balaban J connectivity index is 0.000000294. The molecular weight excluding hydrogens is 721 g/mol. The van der Waals surface area contributed by atoms with Crippen LogP contribution >= 0.6 is 0 Å². The van der Waals surface area contributed by atoms with E-state index in [-0.39, 0.29) is 51.9 Å². The first-order valence-corrected chi connectivity index (χ1v) is 15.5. The topological polar surface area (TPSA) is 32.9 Å². The van der Waals surface area contributed by atoms with E-state index >= 15 is 0 Å². The molecule has 1 aliphatic rings. The molecule has 0 spiro atoms. The van der Waals surface area contributed by atoms with Crippen molar-refractivity contribution in [2.75, 3.05) is 9.91 Å². The first kappa shape index (κ1) is 29.4. The fraction of sp³-hybridized carbons (Fsp3) is 0.333. The van der Waals surface area contributed by atoms with Crippen LogP contribution in [0.4, 0.5) is 11.4 Å². The first-order chi connectivity index (χ1) is 21.8. The molecule has 4 nitrogen and oxygen atoms in total. The van der Waals surface area contributed by atoms with Gasteiger partial charge in [0.05, 0.1) is 5.84 Å². The van der Waals surface area contributed by atoms with Crippen molar-refractivity contribution in [3.8, 4) is 0 Å². The predicted octanol–water partition coefficient (Wildman–Crippen LogP) is 10.9. The van der Waals surface area contributed by atoms with E-state index in [1.165, 1.54) is 10.8 Å². The quantitative estimate of drug-likeness (QED) is 0.127. The predicted molar refractivity (Wildman–Crippen MR) is 186 cm³/mol. The van der Waals surface area contributed by atoms with E-state index in [2.05, 4.69) is 133 Å². The van der Waals surface area contributed by atoms with Gasteiger partial charge in [0.25, 0.3) is 0 Å². The number of rotatable bonds is 6. The summed E-state index contributed by atoms with van der Waals surface area (Å²) in [5, 5.41) is 9.03. The van der Waals surface area contributed by atoms with E-state index < -0.39 is 6.85 Å². The number of aromatic nitrogens is 1. The van der Waals surface area contributed by atoms with Gasteiger partial charge in [-0.25, -0.2) is 0 Å². The molecule has 0 saturated heterocycles. The van der Waals surface area contributed by atoms with Gasteiger partial charge in [-0.2, -0.15) is 5.10 Å². The minimum absolute atomic E-state index is 0. The Morgan fingerprint density at radius 2 is 1.00 bits per heavy atom. The second kappa shape index (κ2) is 14.2. The Morgan fingerprint density at radius 3 is 1.41 bits per heavy atom. The van der Waals surface area contributed by atoms with Crippen LogP contribution in [0.15, 0.2) is 90.0 Å². The monoisotopic (exact) mass is 770 g/mol. The molecule has 4 aromatic carbocycles. The molecule has 0 fully saturated rings. The summed E-state index contributed by atoms with van der Waals surface area (Å²) >= 11 is 0. The van der Waals surface area contributed by atoms with Crippen molar-refractivity contribution in [2.45, 2.75) is 85.9 Å². The minimum Gasteiger partial charge on any atom is -0.657 e. The zero-order chi connectivity index (χ0) is 33.3. The van der Waals surface area contributed by atoms with Crippen molar-refractivity contribution in [3.05, 3.63) is 114 Å². The van der Waals surface area contributed by atoms with Crippen molar-refractivity contribution in [2.24, 2.45) is 5.10 Å². The third-order valence-electron chi connectivity index (χ3n) is 8.15. The van der Waals surface area contributed by atoms with E-state index in [0.717, 1.165) is 44.7 Å². The van der Waals surface area contributed by atoms with Crippen LogP contribution in [0.25, 0.3) is 21.8 Å². The molecule has 0 saturated carbocycles. The summed E-state index contributed by atoms with van der Waals surface area (Å²) in [5.74, 6) is 1.13. The summed E-state index contributed by atoms with van der Waals surface area (Å²) in [7, 11) is 0. The van der Waals surface area contributed by atoms with Crippen molar-refractivity contribution < 1.29 is 26.5 Å². The molecule has 0 bridgehead atoms. The Morgan fingerprint density at radius 1 is 0.591 bits per heavy atom. The summed E-state index contributed by atoms with van der Waals surface area (Å²) in [6.07, 6.45) is 0. The van der Waals surface area contributed by atoms with E-state index in [9.17, 15) is 0 Å². The fourth-order valence-corrected chi connectivity index (χ4v) is 5.91. The summed E-state index contributed by atoms with van der Waals surface area (Å²) in [6, 6.07) is 29.1. The number of anilines is 2. The van der Waals surface area contributed by atoms with Gasteiger partial charge in [0.15, 0.2) is 0 Å². The van der Waals surface area contributed by atoms with Gasteiger partial charge < -0.3 is 14.9 Å². The Bertz CT molecular complexity index is 1750. The number of hydrogen-bond acceptors (Lipinski definition) is 3. The number of hydrazone groups is 1. The molecule has 235 valence electrons. The van der Waals surface area contributed by atoms with Crippen LogP contribution in [0, 0.1) is 6.67 Å². The van der Waals surface area contributed by atoms with E-state index in [0.29, 0.717) is 0 Å². The van der Waals surface area contributed by atoms with Gasteiger partial charge >= 0.3 is 0 Å². The van der Waals surface area contributed by atoms with Gasteiger partial charge in [-0.3, -0.25) is 0 Å². The van der Waals surface area contributed by atoms with Gasteiger partial charge in [0, 0.05) is 37.9 Å². The second-order valence-corrected chi connectivity index (χ2v) is 12.6. The molecule has 2 heterocycles. The molecule has 0 N–H and O–H groups in total. The third kappa shape index (κ3) is 6.68. The number of benzene rings is 4. The van der Waals surface area contributed by atoms with Gasteiger partial charge in [-0.15, -0.1) is 17.7 Å². The fourth-order valence-electron chi connectivity index (χ4n) is 5.91. The van der Waals surface area contributed by atoms with Crippen molar-refractivity contribution in [1.29, 1.82) is 0 Å². The molecule has 1 aromatic heterocycles. The average Bonchev–Trinajstić information content (AvgIpc) is 3.63. The number of nitrogens with zero attached hydrogens (tertiary/aromatic N) is 4. The molecule has 1 aliphatic heterocycles. The molecule has 5 heteroatoms. The maximum absolute atomic E-state index is 8.31. The van der Waals surface area contributed by atoms with Crippen LogP contribution in [0.5, 0.6) is 0 Å². The number of hydrogen-bond donors (Lipinski definition) is 0. The Labute approximate surface area is 284 Å². The standard InChI is InChI=1S/C27H38N3.C12H8N.Au/c1-17(2)22-12-10-13-23(18(3)4)26(22)29-16-30(28-21(29)9)27-24(19(5)6)14-11-15-25(27)20(7)8;1-3-7-11-9(5-1)10-6-2-4-8-12(10)13-11;/h10-20H,1-9H3;1-8H;/q2*-1;/i9D3;;. The average molecular weight is 771 g/mol. The zero-order valence-electron chi connectivity index (χ0n) is 30.1. The molecule has 0 aliphatic carbocycles.